The lowest BCUT2D eigenvalue weighted by atomic mass is 9.78. The molecule has 1 heterocycles. The third-order valence-electron chi connectivity index (χ3n) is 11.0. The Labute approximate surface area is 250 Å². The molecule has 2 fully saturated rings. The minimum Gasteiger partial charge on any atom is -0.469 e. The summed E-state index contributed by atoms with van der Waals surface area (Å²) in [5.74, 6) is -0.555. The first kappa shape index (κ1) is 35.7. The third kappa shape index (κ3) is 7.72. The highest BCUT2D eigenvalue weighted by molar-refractivity contribution is 6.74. The summed E-state index contributed by atoms with van der Waals surface area (Å²) in [6.45, 7) is 30.2. The predicted molar refractivity (Wildman–Crippen MR) is 175 cm³/mol. The molecule has 2 aliphatic rings. The van der Waals surface area contributed by atoms with Crippen LogP contribution in [0.1, 0.15) is 108 Å². The summed E-state index contributed by atoms with van der Waals surface area (Å²) in [7, 11) is -2.49. The molecule has 0 N–H and O–H groups in total. The molecule has 0 radical (unpaired) electrons. The minimum atomic E-state index is -2.08. The van der Waals surface area contributed by atoms with Gasteiger partial charge in [-0.1, -0.05) is 60.6 Å². The first-order valence-corrected chi connectivity index (χ1v) is 21.7. The van der Waals surface area contributed by atoms with E-state index in [4.69, 9.17) is 13.6 Å². The van der Waals surface area contributed by atoms with Gasteiger partial charge in [-0.2, -0.15) is 0 Å². The van der Waals surface area contributed by atoms with E-state index in [1.165, 1.54) is 26.4 Å². The van der Waals surface area contributed by atoms with Crippen molar-refractivity contribution in [2.24, 2.45) is 11.8 Å². The van der Waals surface area contributed by atoms with Crippen LogP contribution in [0.5, 0.6) is 0 Å². The first-order chi connectivity index (χ1) is 18.3. The van der Waals surface area contributed by atoms with E-state index >= 15 is 0 Å². The van der Waals surface area contributed by atoms with Crippen LogP contribution in [-0.4, -0.2) is 63.9 Å². The number of hydrogen-bond donors (Lipinski definition) is 0. The Morgan fingerprint density at radius 1 is 0.950 bits per heavy atom. The molecule has 0 amide bonds. The Balaban J connectivity index is 2.58. The highest BCUT2D eigenvalue weighted by Gasteiger charge is 2.53. The van der Waals surface area contributed by atoms with Gasteiger partial charge in [0.05, 0.1) is 25.2 Å². The highest BCUT2D eigenvalue weighted by Crippen LogP contribution is 2.46. The number of esters is 1. The van der Waals surface area contributed by atoms with Gasteiger partial charge in [-0.25, -0.2) is 0 Å². The van der Waals surface area contributed by atoms with E-state index in [-0.39, 0.29) is 46.1 Å². The Morgan fingerprint density at radius 3 is 1.90 bits per heavy atom. The van der Waals surface area contributed by atoms with Gasteiger partial charge in [-0.3, -0.25) is 9.69 Å². The van der Waals surface area contributed by atoms with Crippen molar-refractivity contribution < 1.29 is 18.4 Å². The topological polar surface area (TPSA) is 48.0 Å². The van der Waals surface area contributed by atoms with E-state index in [1.807, 2.05) is 0 Å². The molecule has 0 spiro atoms. The van der Waals surface area contributed by atoms with Crippen LogP contribution in [-0.2, 0) is 18.4 Å². The van der Waals surface area contributed by atoms with E-state index in [0.717, 1.165) is 31.0 Å². The van der Waals surface area contributed by atoms with Crippen molar-refractivity contribution in [2.75, 3.05) is 7.11 Å². The number of nitrogens with zero attached hydrogens (tertiary/aromatic N) is 1. The zero-order chi connectivity index (χ0) is 30.7. The molecule has 7 heteroatoms. The van der Waals surface area contributed by atoms with Crippen LogP contribution in [0.3, 0.4) is 0 Å². The SMILES string of the molecule is CCC(/C=C/[C@@H]1[C@H](C(=O)OC)[C@@H](O[Si](CC)(CC)CC)C[C@H]1O[Si](C)(C)C(C)(C)C)N1C(C)(C)CCCC1(C)C. The number of ether oxygens (including phenoxy) is 1. The van der Waals surface area contributed by atoms with E-state index in [9.17, 15) is 4.79 Å². The largest absolute Gasteiger partial charge is 0.469 e. The standard InChI is InChI=1S/C33H65NO4Si2/c1-15-25(34-32(8,9)22-19-23-33(34,10)11)20-21-26-27(37-39(13,14)31(5,6)7)24-28(29(26)30(35)36-12)38-40(16-2,17-3)18-4/h20-21,25-29H,15-19,22-24H2,1-14H3/b21-20+/t25?,26-,27+,28-,29-/m0/s1. The first-order valence-electron chi connectivity index (χ1n) is 16.3. The lowest BCUT2D eigenvalue weighted by Crippen LogP contribution is -2.61. The maximum atomic E-state index is 13.5. The van der Waals surface area contributed by atoms with Crippen molar-refractivity contribution >= 4 is 22.6 Å². The van der Waals surface area contributed by atoms with Crippen LogP contribution >= 0.6 is 0 Å². The molecule has 40 heavy (non-hydrogen) atoms. The van der Waals surface area contributed by atoms with Gasteiger partial charge in [0.15, 0.2) is 16.6 Å². The molecule has 1 aliphatic carbocycles. The summed E-state index contributed by atoms with van der Waals surface area (Å²) in [4.78, 5) is 16.3. The van der Waals surface area contributed by atoms with Gasteiger partial charge in [0.25, 0.3) is 0 Å². The molecule has 1 saturated heterocycles. The number of methoxy groups -OCH3 is 1. The second-order valence-electron chi connectivity index (χ2n) is 15.4. The maximum Gasteiger partial charge on any atom is 0.311 e. The number of hydrogen-bond acceptors (Lipinski definition) is 5. The molecule has 1 saturated carbocycles. The predicted octanol–water partition coefficient (Wildman–Crippen LogP) is 8.95. The van der Waals surface area contributed by atoms with Crippen LogP contribution in [0.2, 0.25) is 36.3 Å². The Morgan fingerprint density at radius 2 is 1.48 bits per heavy atom. The molecule has 0 bridgehead atoms. The number of rotatable bonds is 12. The van der Waals surface area contributed by atoms with Crippen molar-refractivity contribution in [2.45, 2.75) is 174 Å². The van der Waals surface area contributed by atoms with Gasteiger partial charge >= 0.3 is 5.97 Å². The van der Waals surface area contributed by atoms with Crippen LogP contribution in [0.15, 0.2) is 12.2 Å². The van der Waals surface area contributed by atoms with Gasteiger partial charge in [0.1, 0.15) is 0 Å². The summed E-state index contributed by atoms with van der Waals surface area (Å²) < 4.78 is 19.7. The highest BCUT2D eigenvalue weighted by atomic mass is 28.4. The second kappa shape index (κ2) is 13.4. The normalized spacial score (nSPS) is 28.6. The third-order valence-corrected chi connectivity index (χ3v) is 20.1. The Kier molecular flexibility index (Phi) is 12.0. The summed E-state index contributed by atoms with van der Waals surface area (Å²) >= 11 is 0. The van der Waals surface area contributed by atoms with Crippen molar-refractivity contribution in [1.29, 1.82) is 0 Å². The van der Waals surface area contributed by atoms with E-state index in [2.05, 4.69) is 106 Å². The molecule has 5 atom stereocenters. The average Bonchev–Trinajstić information content (AvgIpc) is 3.17. The van der Waals surface area contributed by atoms with Crippen molar-refractivity contribution in [3.8, 4) is 0 Å². The van der Waals surface area contributed by atoms with Gasteiger partial charge in [0.2, 0.25) is 0 Å². The van der Waals surface area contributed by atoms with Gasteiger partial charge < -0.3 is 13.6 Å². The van der Waals surface area contributed by atoms with Gasteiger partial charge in [0, 0.05) is 23.0 Å². The van der Waals surface area contributed by atoms with Crippen LogP contribution in [0.4, 0.5) is 0 Å². The van der Waals surface area contributed by atoms with E-state index < -0.39 is 16.6 Å². The van der Waals surface area contributed by atoms with Crippen LogP contribution in [0, 0.1) is 11.8 Å². The van der Waals surface area contributed by atoms with Crippen LogP contribution < -0.4 is 0 Å². The van der Waals surface area contributed by atoms with E-state index in [1.54, 1.807) is 0 Å². The molecular formula is C33H65NO4Si2. The quantitative estimate of drug-likeness (QED) is 0.128. The van der Waals surface area contributed by atoms with Crippen molar-refractivity contribution in [3.05, 3.63) is 12.2 Å². The summed E-state index contributed by atoms with van der Waals surface area (Å²) in [6, 6.07) is 3.49. The van der Waals surface area contributed by atoms with Gasteiger partial charge in [-0.15, -0.1) is 0 Å². The second-order valence-corrected chi connectivity index (χ2v) is 24.9. The number of piperidine rings is 1. The molecule has 1 aliphatic heterocycles. The molecule has 0 aromatic heterocycles. The fourth-order valence-corrected chi connectivity index (χ4v) is 11.6. The summed E-state index contributed by atoms with van der Waals surface area (Å²) in [5, 5.41) is 0.0868. The maximum absolute atomic E-state index is 13.5. The molecular weight excluding hydrogens is 531 g/mol. The monoisotopic (exact) mass is 595 g/mol. The Bertz CT molecular complexity index is 835. The fraction of sp³-hybridized carbons (Fsp3) is 0.909. The zero-order valence-corrected chi connectivity index (χ0v) is 30.8. The van der Waals surface area contributed by atoms with Crippen LogP contribution in [0.25, 0.3) is 0 Å². The average molecular weight is 596 g/mol. The minimum absolute atomic E-state index is 0.0524. The fourth-order valence-electron chi connectivity index (χ4n) is 7.40. The molecule has 2 rings (SSSR count). The smallest absolute Gasteiger partial charge is 0.311 e. The van der Waals surface area contributed by atoms with Crippen molar-refractivity contribution in [3.63, 3.8) is 0 Å². The summed E-state index contributed by atoms with van der Waals surface area (Å²) in [6.07, 6.45) is 10.0. The number of carbonyl (C=O) groups excluding carboxylic acids is 1. The number of likely N-dealkylation sites (tertiary alicyclic amines) is 1. The zero-order valence-electron chi connectivity index (χ0n) is 28.8. The lowest BCUT2D eigenvalue weighted by Gasteiger charge is -2.56. The molecule has 0 aromatic carbocycles. The molecule has 1 unspecified atom stereocenters. The molecule has 5 nitrogen and oxygen atoms in total. The molecule has 0 aromatic rings. The van der Waals surface area contributed by atoms with Gasteiger partial charge in [-0.05, 0) is 96.1 Å². The van der Waals surface area contributed by atoms with Crippen molar-refractivity contribution in [1.82, 2.24) is 4.90 Å². The van der Waals surface area contributed by atoms with E-state index in [0.29, 0.717) is 6.04 Å². The lowest BCUT2D eigenvalue weighted by molar-refractivity contribution is -0.149. The molecule has 234 valence electrons. The summed E-state index contributed by atoms with van der Waals surface area (Å²) in [5.41, 5.74) is 0.253. The number of carbonyl (C=O) groups is 1. The Hall–Kier alpha value is -0.476.